The average molecular weight is 319 g/mol. The zero-order valence-electron chi connectivity index (χ0n) is 12.6. The lowest BCUT2D eigenvalue weighted by Crippen LogP contribution is -2.48. The largest absolute Gasteiger partial charge is 0.370 e. The Kier molecular flexibility index (Phi) is 6.90. The number of primary amides is 1. The molecule has 1 amide bonds. The summed E-state index contributed by atoms with van der Waals surface area (Å²) >= 11 is 0. The minimum Gasteiger partial charge on any atom is -0.370 e. The molecule has 1 fully saturated rings. The number of carbonyl (C=O) groups is 1. The molecule has 0 aromatic heterocycles. The summed E-state index contributed by atoms with van der Waals surface area (Å²) in [7, 11) is -1.49. The fraction of sp³-hybridized carbons (Fsp3) is 0.833. The first-order valence-corrected chi connectivity index (χ1v) is 8.89. The molecule has 9 heteroatoms. The minimum absolute atomic E-state index is 0.254. The van der Waals surface area contributed by atoms with E-state index in [0.717, 1.165) is 38.1 Å². The molecule has 1 aliphatic rings. The summed E-state index contributed by atoms with van der Waals surface area (Å²) in [5.41, 5.74) is 5.25. The van der Waals surface area contributed by atoms with Crippen LogP contribution < -0.4 is 15.8 Å². The van der Waals surface area contributed by atoms with Crippen LogP contribution in [-0.4, -0.2) is 64.7 Å². The van der Waals surface area contributed by atoms with Crippen molar-refractivity contribution < 1.29 is 13.2 Å². The minimum atomic E-state index is -3.17. The number of aliphatic imine (C=N–C) groups is 1. The quantitative estimate of drug-likeness (QED) is 0.319. The molecular formula is C12H25N5O3S. The number of hydrogen-bond acceptors (Lipinski definition) is 4. The van der Waals surface area contributed by atoms with Crippen molar-refractivity contribution in [1.82, 2.24) is 14.9 Å². The number of likely N-dealkylation sites (tertiary alicyclic amines) is 1. The second-order valence-electron chi connectivity index (χ2n) is 5.27. The van der Waals surface area contributed by atoms with Crippen LogP contribution in [0.4, 0.5) is 0 Å². The Morgan fingerprint density at radius 1 is 1.43 bits per heavy atom. The smallest absolute Gasteiger partial charge is 0.217 e. The average Bonchev–Trinajstić information content (AvgIpc) is 2.37. The van der Waals surface area contributed by atoms with E-state index >= 15 is 0 Å². The Hall–Kier alpha value is -1.35. The predicted molar refractivity (Wildman–Crippen MR) is 82.3 cm³/mol. The van der Waals surface area contributed by atoms with Crippen molar-refractivity contribution in [2.45, 2.75) is 19.3 Å². The van der Waals surface area contributed by atoms with Crippen LogP contribution in [0.25, 0.3) is 0 Å². The van der Waals surface area contributed by atoms with Crippen molar-refractivity contribution in [3.8, 4) is 0 Å². The molecule has 8 nitrogen and oxygen atoms in total. The molecule has 0 aliphatic carbocycles. The number of nitrogens with zero attached hydrogens (tertiary/aromatic N) is 2. The topological polar surface area (TPSA) is 117 Å². The summed E-state index contributed by atoms with van der Waals surface area (Å²) in [6, 6.07) is 0. The Morgan fingerprint density at radius 2 is 2.14 bits per heavy atom. The highest BCUT2D eigenvalue weighted by Crippen LogP contribution is 2.19. The standard InChI is InChI=1S/C12H25N5O3S/c1-14-12(15-5-6-16-21(2,19)20)17-7-3-4-10(9-17)8-11(13)18/h10,16H,3-9H2,1-2H3,(H2,13,18)(H,14,15). The van der Waals surface area contributed by atoms with Crippen LogP contribution in [0, 0.1) is 5.92 Å². The molecule has 1 unspecified atom stereocenters. The molecule has 0 aromatic rings. The zero-order valence-corrected chi connectivity index (χ0v) is 13.4. The van der Waals surface area contributed by atoms with Crippen molar-refractivity contribution in [2.75, 3.05) is 39.5 Å². The van der Waals surface area contributed by atoms with Crippen LogP contribution in [0.3, 0.4) is 0 Å². The summed E-state index contributed by atoms with van der Waals surface area (Å²) in [6.45, 7) is 2.36. The van der Waals surface area contributed by atoms with Gasteiger partial charge < -0.3 is 16.0 Å². The number of rotatable bonds is 6. The van der Waals surface area contributed by atoms with Gasteiger partial charge in [0.25, 0.3) is 0 Å². The molecule has 0 aromatic carbocycles. The summed E-state index contributed by atoms with van der Waals surface area (Å²) in [6.07, 6.45) is 3.50. The molecule has 0 radical (unpaired) electrons. The van der Waals surface area contributed by atoms with E-state index in [1.54, 1.807) is 7.05 Å². The van der Waals surface area contributed by atoms with Gasteiger partial charge in [-0.25, -0.2) is 13.1 Å². The predicted octanol–water partition coefficient (Wildman–Crippen LogP) is -1.30. The van der Waals surface area contributed by atoms with Gasteiger partial charge in [-0.05, 0) is 18.8 Å². The first-order valence-electron chi connectivity index (χ1n) is 7.00. The maximum Gasteiger partial charge on any atom is 0.217 e. The summed E-state index contributed by atoms with van der Waals surface area (Å²) < 4.78 is 24.4. The van der Waals surface area contributed by atoms with Crippen LogP contribution in [0.2, 0.25) is 0 Å². The molecule has 0 bridgehead atoms. The van der Waals surface area contributed by atoms with Gasteiger partial charge in [0.1, 0.15) is 0 Å². The van der Waals surface area contributed by atoms with Crippen molar-refractivity contribution in [2.24, 2.45) is 16.6 Å². The van der Waals surface area contributed by atoms with Gasteiger partial charge in [0.2, 0.25) is 15.9 Å². The molecule has 1 aliphatic heterocycles. The van der Waals surface area contributed by atoms with Crippen molar-refractivity contribution in [3.05, 3.63) is 0 Å². The van der Waals surface area contributed by atoms with Crippen LogP contribution in [-0.2, 0) is 14.8 Å². The fourth-order valence-electron chi connectivity index (χ4n) is 2.45. The number of carbonyl (C=O) groups excluding carboxylic acids is 1. The number of sulfonamides is 1. The van der Waals surface area contributed by atoms with Gasteiger partial charge in [-0.15, -0.1) is 0 Å². The third kappa shape index (κ3) is 7.28. The van der Waals surface area contributed by atoms with Crippen molar-refractivity contribution >= 4 is 21.9 Å². The van der Waals surface area contributed by atoms with E-state index in [2.05, 4.69) is 19.9 Å². The maximum atomic E-state index is 11.0. The van der Waals surface area contributed by atoms with Crippen molar-refractivity contribution in [1.29, 1.82) is 0 Å². The monoisotopic (exact) mass is 319 g/mol. The van der Waals surface area contributed by atoms with Gasteiger partial charge in [-0.3, -0.25) is 9.79 Å². The number of piperidine rings is 1. The summed E-state index contributed by atoms with van der Waals surface area (Å²) in [4.78, 5) is 17.3. The summed E-state index contributed by atoms with van der Waals surface area (Å²) in [5.74, 6) is 0.700. The lowest BCUT2D eigenvalue weighted by molar-refractivity contribution is -0.119. The molecule has 0 spiro atoms. The van der Waals surface area contributed by atoms with Gasteiger partial charge >= 0.3 is 0 Å². The van der Waals surface area contributed by atoms with E-state index < -0.39 is 10.0 Å². The van der Waals surface area contributed by atoms with E-state index in [-0.39, 0.29) is 11.8 Å². The number of guanidine groups is 1. The highest BCUT2D eigenvalue weighted by Gasteiger charge is 2.23. The Labute approximate surface area is 126 Å². The van der Waals surface area contributed by atoms with E-state index in [0.29, 0.717) is 19.5 Å². The van der Waals surface area contributed by atoms with Crippen LogP contribution in [0.5, 0.6) is 0 Å². The summed E-state index contributed by atoms with van der Waals surface area (Å²) in [5, 5.41) is 3.12. The van der Waals surface area contributed by atoms with E-state index in [4.69, 9.17) is 5.73 Å². The Balaban J connectivity index is 2.43. The van der Waals surface area contributed by atoms with Crippen LogP contribution in [0.15, 0.2) is 4.99 Å². The maximum absolute atomic E-state index is 11.0. The van der Waals surface area contributed by atoms with Gasteiger partial charge in [0.05, 0.1) is 6.26 Å². The molecule has 122 valence electrons. The first-order chi connectivity index (χ1) is 9.81. The molecule has 21 heavy (non-hydrogen) atoms. The second kappa shape index (κ2) is 8.18. The number of nitrogens with one attached hydrogen (secondary N) is 2. The Bertz CT molecular complexity index is 477. The molecular weight excluding hydrogens is 294 g/mol. The van der Waals surface area contributed by atoms with Gasteiger partial charge in [0.15, 0.2) is 5.96 Å². The van der Waals surface area contributed by atoms with E-state index in [9.17, 15) is 13.2 Å². The molecule has 1 rings (SSSR count). The van der Waals surface area contributed by atoms with E-state index in [1.807, 2.05) is 0 Å². The van der Waals surface area contributed by atoms with Crippen molar-refractivity contribution in [3.63, 3.8) is 0 Å². The number of hydrogen-bond donors (Lipinski definition) is 3. The SMILES string of the molecule is CN=C(NCCNS(C)(=O)=O)N1CCCC(CC(N)=O)C1. The van der Waals surface area contributed by atoms with Crippen LogP contribution >= 0.6 is 0 Å². The highest BCUT2D eigenvalue weighted by molar-refractivity contribution is 7.88. The second-order valence-corrected chi connectivity index (χ2v) is 7.10. The first kappa shape index (κ1) is 17.7. The molecule has 1 atom stereocenters. The third-order valence-corrected chi connectivity index (χ3v) is 4.02. The third-order valence-electron chi connectivity index (χ3n) is 3.29. The van der Waals surface area contributed by atoms with Crippen LogP contribution in [0.1, 0.15) is 19.3 Å². The number of nitrogens with two attached hydrogens (primary N) is 1. The fourth-order valence-corrected chi connectivity index (χ4v) is 2.92. The highest BCUT2D eigenvalue weighted by atomic mass is 32.2. The molecule has 0 saturated carbocycles. The molecule has 1 heterocycles. The van der Waals surface area contributed by atoms with Gasteiger partial charge in [-0.2, -0.15) is 0 Å². The number of amides is 1. The molecule has 4 N–H and O–H groups in total. The lowest BCUT2D eigenvalue weighted by Gasteiger charge is -2.34. The lowest BCUT2D eigenvalue weighted by atomic mass is 9.95. The van der Waals surface area contributed by atoms with E-state index in [1.165, 1.54) is 0 Å². The van der Waals surface area contributed by atoms with Gasteiger partial charge in [0, 0.05) is 39.6 Å². The zero-order chi connectivity index (χ0) is 15.9. The Morgan fingerprint density at radius 3 is 2.71 bits per heavy atom. The normalized spacial score (nSPS) is 20.4. The van der Waals surface area contributed by atoms with Gasteiger partial charge in [-0.1, -0.05) is 0 Å². The molecule has 1 saturated heterocycles.